The third-order valence-electron chi connectivity index (χ3n) is 4.54. The van der Waals surface area contributed by atoms with Crippen molar-refractivity contribution in [1.29, 1.82) is 5.26 Å². The predicted octanol–water partition coefficient (Wildman–Crippen LogP) is 3.48. The van der Waals surface area contributed by atoms with Crippen LogP contribution in [0.3, 0.4) is 0 Å². The van der Waals surface area contributed by atoms with Crippen molar-refractivity contribution in [2.75, 3.05) is 19.5 Å². The summed E-state index contributed by atoms with van der Waals surface area (Å²) in [4.78, 5) is 14.0. The van der Waals surface area contributed by atoms with Crippen LogP contribution >= 0.6 is 11.6 Å². The van der Waals surface area contributed by atoms with Crippen molar-refractivity contribution in [3.8, 4) is 6.07 Å². The van der Waals surface area contributed by atoms with E-state index < -0.39 is 5.41 Å². The van der Waals surface area contributed by atoms with E-state index in [9.17, 15) is 10.1 Å². The van der Waals surface area contributed by atoms with E-state index in [0.717, 1.165) is 36.8 Å². The summed E-state index contributed by atoms with van der Waals surface area (Å²) in [7, 11) is 1.65. The van der Waals surface area contributed by atoms with E-state index in [2.05, 4.69) is 6.07 Å². The molecule has 2 rings (SSSR count). The lowest BCUT2D eigenvalue weighted by molar-refractivity contribution is -0.130. The van der Waals surface area contributed by atoms with Gasteiger partial charge in [0, 0.05) is 20.2 Å². The highest BCUT2D eigenvalue weighted by atomic mass is 35.5. The number of benzene rings is 1. The summed E-state index contributed by atoms with van der Waals surface area (Å²) in [5.41, 5.74) is 1.68. The summed E-state index contributed by atoms with van der Waals surface area (Å²) in [5.74, 6) is -0.186. The first-order chi connectivity index (χ1) is 11.1. The minimum atomic E-state index is -0.419. The highest BCUT2D eigenvalue weighted by Gasteiger charge is 2.37. The van der Waals surface area contributed by atoms with Crippen molar-refractivity contribution in [2.45, 2.75) is 38.8 Å². The normalized spacial score (nSPS) is 16.0. The second kappa shape index (κ2) is 8.33. The van der Waals surface area contributed by atoms with Gasteiger partial charge in [0.15, 0.2) is 0 Å². The topological polar surface area (TPSA) is 53.3 Å². The highest BCUT2D eigenvalue weighted by molar-refractivity contribution is 6.27. The van der Waals surface area contributed by atoms with Crippen molar-refractivity contribution in [2.24, 2.45) is 5.41 Å². The maximum Gasteiger partial charge on any atom is 0.237 e. The van der Waals surface area contributed by atoms with E-state index in [1.807, 2.05) is 24.3 Å². The average molecular weight is 335 g/mol. The van der Waals surface area contributed by atoms with Crippen molar-refractivity contribution in [1.82, 2.24) is 4.90 Å². The van der Waals surface area contributed by atoms with Crippen LogP contribution < -0.4 is 0 Å². The van der Waals surface area contributed by atoms with Gasteiger partial charge in [-0.05, 0) is 24.0 Å². The molecule has 23 heavy (non-hydrogen) atoms. The van der Waals surface area contributed by atoms with Crippen molar-refractivity contribution in [3.63, 3.8) is 0 Å². The summed E-state index contributed by atoms with van der Waals surface area (Å²) in [6.07, 6.45) is 3.82. The number of rotatable bonds is 7. The van der Waals surface area contributed by atoms with Gasteiger partial charge < -0.3 is 9.64 Å². The zero-order valence-electron chi connectivity index (χ0n) is 13.6. The maximum absolute atomic E-state index is 12.3. The van der Waals surface area contributed by atoms with Gasteiger partial charge in [-0.1, -0.05) is 37.1 Å². The molecule has 0 bridgehead atoms. The molecule has 5 heteroatoms. The van der Waals surface area contributed by atoms with Crippen LogP contribution in [0.5, 0.6) is 0 Å². The fourth-order valence-electron chi connectivity index (χ4n) is 3.25. The summed E-state index contributed by atoms with van der Waals surface area (Å²) in [6, 6.07) is 10.4. The molecular formula is C18H23ClN2O2. The van der Waals surface area contributed by atoms with Crippen LogP contribution in [0.25, 0.3) is 0 Å². The Morgan fingerprint density at radius 1 is 1.35 bits per heavy atom. The zero-order chi connectivity index (χ0) is 16.7. The van der Waals surface area contributed by atoms with Gasteiger partial charge in [-0.2, -0.15) is 5.26 Å². The Balaban J connectivity index is 2.20. The van der Waals surface area contributed by atoms with E-state index in [0.29, 0.717) is 19.7 Å². The molecule has 124 valence electrons. The van der Waals surface area contributed by atoms with Crippen LogP contribution in [0, 0.1) is 16.7 Å². The second-order valence-corrected chi connectivity index (χ2v) is 6.45. The van der Waals surface area contributed by atoms with Gasteiger partial charge in [0.25, 0.3) is 0 Å². The van der Waals surface area contributed by atoms with Crippen LogP contribution in [0.15, 0.2) is 24.3 Å². The van der Waals surface area contributed by atoms with Gasteiger partial charge in [-0.15, -0.1) is 11.6 Å². The lowest BCUT2D eigenvalue weighted by atomic mass is 9.87. The van der Waals surface area contributed by atoms with Gasteiger partial charge in [0.1, 0.15) is 5.88 Å². The predicted molar refractivity (Wildman–Crippen MR) is 89.8 cm³/mol. The molecular weight excluding hydrogens is 312 g/mol. The quantitative estimate of drug-likeness (QED) is 0.717. The first kappa shape index (κ1) is 17.8. The molecule has 0 aromatic heterocycles. The van der Waals surface area contributed by atoms with Crippen LogP contribution in [0.4, 0.5) is 0 Å². The molecule has 0 atom stereocenters. The summed E-state index contributed by atoms with van der Waals surface area (Å²) in [5, 5.41) is 9.58. The van der Waals surface area contributed by atoms with E-state index in [1.165, 1.54) is 0 Å². The van der Waals surface area contributed by atoms with Crippen molar-refractivity contribution >= 4 is 17.5 Å². The van der Waals surface area contributed by atoms with Crippen LogP contribution in [-0.4, -0.2) is 30.3 Å². The SMILES string of the molecule is COCc1ccccc1CN(CC1(C#N)CCCC1)C(=O)CCl. The Kier molecular flexibility index (Phi) is 6.44. The number of carbonyl (C=O) groups is 1. The van der Waals surface area contributed by atoms with Crippen molar-refractivity contribution < 1.29 is 9.53 Å². The Hall–Kier alpha value is -1.57. The monoisotopic (exact) mass is 334 g/mol. The molecule has 0 aliphatic heterocycles. The third kappa shape index (κ3) is 4.46. The van der Waals surface area contributed by atoms with E-state index in [-0.39, 0.29) is 11.8 Å². The molecule has 1 amide bonds. The number of ether oxygens (including phenoxy) is 1. The van der Waals surface area contributed by atoms with Gasteiger partial charge >= 0.3 is 0 Å². The molecule has 0 saturated heterocycles. The Morgan fingerprint density at radius 3 is 2.57 bits per heavy atom. The minimum Gasteiger partial charge on any atom is -0.380 e. The molecule has 0 radical (unpaired) electrons. The molecule has 1 aromatic rings. The summed E-state index contributed by atoms with van der Waals surface area (Å²) >= 11 is 5.79. The number of hydrogen-bond donors (Lipinski definition) is 0. The number of amides is 1. The second-order valence-electron chi connectivity index (χ2n) is 6.18. The Bertz CT molecular complexity index is 577. The molecule has 1 fully saturated rings. The minimum absolute atomic E-state index is 0.0616. The molecule has 0 unspecified atom stereocenters. The van der Waals surface area contributed by atoms with E-state index >= 15 is 0 Å². The number of nitriles is 1. The molecule has 1 saturated carbocycles. The molecule has 0 heterocycles. The smallest absolute Gasteiger partial charge is 0.237 e. The number of methoxy groups -OCH3 is 1. The van der Waals surface area contributed by atoms with Gasteiger partial charge in [0.05, 0.1) is 18.1 Å². The number of nitrogens with zero attached hydrogens (tertiary/aromatic N) is 2. The first-order valence-corrected chi connectivity index (χ1v) is 8.48. The van der Waals surface area contributed by atoms with Crippen LogP contribution in [-0.2, 0) is 22.7 Å². The average Bonchev–Trinajstić information content (AvgIpc) is 3.04. The summed E-state index contributed by atoms with van der Waals surface area (Å²) in [6.45, 7) is 1.42. The number of halogens is 1. The third-order valence-corrected chi connectivity index (χ3v) is 4.77. The molecule has 1 aromatic carbocycles. The Labute approximate surface area is 143 Å². The number of hydrogen-bond acceptors (Lipinski definition) is 3. The summed E-state index contributed by atoms with van der Waals surface area (Å²) < 4.78 is 5.23. The van der Waals surface area contributed by atoms with Crippen LogP contribution in [0.2, 0.25) is 0 Å². The van der Waals surface area contributed by atoms with Gasteiger partial charge in [0.2, 0.25) is 5.91 Å². The lowest BCUT2D eigenvalue weighted by Gasteiger charge is -2.30. The maximum atomic E-state index is 12.3. The van der Waals surface area contributed by atoms with Gasteiger partial charge in [-0.25, -0.2) is 0 Å². The standard InChI is InChI=1S/C18H23ClN2O2/c1-23-12-16-7-3-2-6-15(16)11-21(17(22)10-19)14-18(13-20)8-4-5-9-18/h2-3,6-7H,4-5,8-12,14H2,1H3. The number of alkyl halides is 1. The fourth-order valence-corrected chi connectivity index (χ4v) is 3.42. The van der Waals surface area contributed by atoms with Gasteiger partial charge in [-0.3, -0.25) is 4.79 Å². The zero-order valence-corrected chi connectivity index (χ0v) is 14.3. The molecule has 0 N–H and O–H groups in total. The van der Waals surface area contributed by atoms with E-state index in [4.69, 9.17) is 16.3 Å². The van der Waals surface area contributed by atoms with Crippen LogP contribution in [0.1, 0.15) is 36.8 Å². The molecule has 4 nitrogen and oxygen atoms in total. The molecule has 1 aliphatic rings. The fraction of sp³-hybridized carbons (Fsp3) is 0.556. The Morgan fingerprint density at radius 2 is 2.00 bits per heavy atom. The molecule has 1 aliphatic carbocycles. The molecule has 0 spiro atoms. The highest BCUT2D eigenvalue weighted by Crippen LogP contribution is 2.38. The van der Waals surface area contributed by atoms with Crippen molar-refractivity contribution in [3.05, 3.63) is 35.4 Å². The van der Waals surface area contributed by atoms with E-state index in [1.54, 1.807) is 12.0 Å². The number of carbonyl (C=O) groups excluding carboxylic acids is 1. The lowest BCUT2D eigenvalue weighted by Crippen LogP contribution is -2.40. The largest absolute Gasteiger partial charge is 0.380 e. The first-order valence-electron chi connectivity index (χ1n) is 7.95.